The van der Waals surface area contributed by atoms with E-state index in [1.54, 1.807) is 0 Å². The average molecular weight is 297 g/mol. The first-order valence-electron chi connectivity index (χ1n) is 7.37. The molecule has 2 aromatic rings. The van der Waals surface area contributed by atoms with Gasteiger partial charge in [-0.2, -0.15) is 0 Å². The summed E-state index contributed by atoms with van der Waals surface area (Å²) in [5, 5.41) is 2.93. The summed E-state index contributed by atoms with van der Waals surface area (Å²) in [6.45, 7) is 6.16. The molecule has 0 bridgehead atoms. The van der Waals surface area contributed by atoms with E-state index in [4.69, 9.17) is 4.74 Å². The molecule has 2 heterocycles. The number of amides is 1. The maximum atomic E-state index is 12.3. The highest BCUT2D eigenvalue weighted by Crippen LogP contribution is 2.28. The molecule has 5 heteroatoms. The van der Waals surface area contributed by atoms with E-state index in [2.05, 4.69) is 15.3 Å². The van der Waals surface area contributed by atoms with Crippen molar-refractivity contribution in [3.05, 3.63) is 52.6 Å². The third kappa shape index (κ3) is 2.79. The number of carbonyl (C=O) groups is 1. The molecule has 1 aromatic heterocycles. The zero-order chi connectivity index (χ0) is 15.7. The Labute approximate surface area is 129 Å². The second-order valence-electron chi connectivity index (χ2n) is 5.56. The van der Waals surface area contributed by atoms with Crippen LogP contribution >= 0.6 is 0 Å². The van der Waals surface area contributed by atoms with E-state index in [0.717, 1.165) is 34.1 Å². The van der Waals surface area contributed by atoms with Crippen LogP contribution in [0, 0.1) is 20.8 Å². The third-order valence-corrected chi connectivity index (χ3v) is 3.91. The summed E-state index contributed by atoms with van der Waals surface area (Å²) >= 11 is 0. The van der Waals surface area contributed by atoms with Gasteiger partial charge in [0.2, 0.25) is 0 Å². The van der Waals surface area contributed by atoms with Gasteiger partial charge in [-0.1, -0.05) is 18.2 Å². The summed E-state index contributed by atoms with van der Waals surface area (Å²) in [5.41, 5.74) is 3.85. The van der Waals surface area contributed by atoms with E-state index in [0.29, 0.717) is 13.0 Å². The van der Waals surface area contributed by atoms with Crippen molar-refractivity contribution in [1.82, 2.24) is 15.3 Å². The van der Waals surface area contributed by atoms with Gasteiger partial charge in [0.1, 0.15) is 11.6 Å². The van der Waals surface area contributed by atoms with Crippen LogP contribution in [0.5, 0.6) is 5.75 Å². The SMILES string of the molecule is Cc1nc(C)c(CNC(=O)C2Cc3ccccc3O2)c(C)n1. The number of hydrogen-bond acceptors (Lipinski definition) is 4. The molecule has 1 aliphatic rings. The predicted molar refractivity (Wildman–Crippen MR) is 82.7 cm³/mol. The number of carbonyl (C=O) groups excluding carboxylic acids is 1. The minimum atomic E-state index is -0.454. The number of para-hydroxylation sites is 1. The largest absolute Gasteiger partial charge is 0.480 e. The number of rotatable bonds is 3. The van der Waals surface area contributed by atoms with Crippen LogP contribution in [-0.2, 0) is 17.8 Å². The highest BCUT2D eigenvalue weighted by atomic mass is 16.5. The van der Waals surface area contributed by atoms with Gasteiger partial charge in [0.05, 0.1) is 0 Å². The zero-order valence-electron chi connectivity index (χ0n) is 13.0. The minimum Gasteiger partial charge on any atom is -0.480 e. The first kappa shape index (κ1) is 14.5. The van der Waals surface area contributed by atoms with Crippen molar-refractivity contribution >= 4 is 5.91 Å². The van der Waals surface area contributed by atoms with Gasteiger partial charge in [-0.25, -0.2) is 9.97 Å². The van der Waals surface area contributed by atoms with Gasteiger partial charge in [0.25, 0.3) is 5.91 Å². The predicted octanol–water partition coefficient (Wildman–Crippen LogP) is 2.02. The topological polar surface area (TPSA) is 64.1 Å². The summed E-state index contributed by atoms with van der Waals surface area (Å²) in [4.78, 5) is 21.0. The Morgan fingerprint density at radius 1 is 1.23 bits per heavy atom. The quantitative estimate of drug-likeness (QED) is 0.941. The molecular weight excluding hydrogens is 278 g/mol. The first-order chi connectivity index (χ1) is 10.5. The molecule has 0 fully saturated rings. The van der Waals surface area contributed by atoms with Gasteiger partial charge in [0, 0.05) is 29.9 Å². The number of aryl methyl sites for hydroxylation is 3. The Hall–Kier alpha value is -2.43. The summed E-state index contributed by atoms with van der Waals surface area (Å²) < 4.78 is 5.69. The fourth-order valence-corrected chi connectivity index (χ4v) is 2.78. The summed E-state index contributed by atoms with van der Waals surface area (Å²) in [6.07, 6.45) is 0.161. The lowest BCUT2D eigenvalue weighted by atomic mass is 10.1. The molecule has 0 aliphatic carbocycles. The van der Waals surface area contributed by atoms with Crippen molar-refractivity contribution in [2.24, 2.45) is 0 Å². The number of nitrogens with zero attached hydrogens (tertiary/aromatic N) is 2. The highest BCUT2D eigenvalue weighted by Gasteiger charge is 2.28. The normalized spacial score (nSPS) is 16.0. The monoisotopic (exact) mass is 297 g/mol. The lowest BCUT2D eigenvalue weighted by Gasteiger charge is -2.14. The Balaban J connectivity index is 1.65. The van der Waals surface area contributed by atoms with Crippen molar-refractivity contribution in [3.63, 3.8) is 0 Å². The van der Waals surface area contributed by atoms with Crippen LogP contribution in [0.2, 0.25) is 0 Å². The lowest BCUT2D eigenvalue weighted by molar-refractivity contribution is -0.127. The summed E-state index contributed by atoms with van der Waals surface area (Å²) in [5.74, 6) is 1.45. The Morgan fingerprint density at radius 2 is 1.91 bits per heavy atom. The first-order valence-corrected chi connectivity index (χ1v) is 7.37. The third-order valence-electron chi connectivity index (χ3n) is 3.91. The molecule has 0 spiro atoms. The molecule has 1 unspecified atom stereocenters. The molecule has 1 atom stereocenters. The number of fused-ring (bicyclic) bond motifs is 1. The summed E-state index contributed by atoms with van der Waals surface area (Å²) in [7, 11) is 0. The molecule has 1 aromatic carbocycles. The molecular formula is C17H19N3O2. The van der Waals surface area contributed by atoms with E-state index in [9.17, 15) is 4.79 Å². The van der Waals surface area contributed by atoms with Crippen molar-refractivity contribution in [2.75, 3.05) is 0 Å². The average Bonchev–Trinajstić information content (AvgIpc) is 2.89. The van der Waals surface area contributed by atoms with E-state index in [1.165, 1.54) is 0 Å². The minimum absolute atomic E-state index is 0.101. The molecule has 1 amide bonds. The van der Waals surface area contributed by atoms with Crippen molar-refractivity contribution in [1.29, 1.82) is 0 Å². The molecule has 0 saturated carbocycles. The van der Waals surface area contributed by atoms with Gasteiger partial charge >= 0.3 is 0 Å². The number of ether oxygens (including phenoxy) is 1. The molecule has 114 valence electrons. The van der Waals surface area contributed by atoms with Crippen LogP contribution in [-0.4, -0.2) is 22.0 Å². The maximum Gasteiger partial charge on any atom is 0.261 e. The maximum absolute atomic E-state index is 12.3. The molecule has 1 aliphatic heterocycles. The molecule has 0 radical (unpaired) electrons. The molecule has 22 heavy (non-hydrogen) atoms. The zero-order valence-corrected chi connectivity index (χ0v) is 13.0. The standard InChI is InChI=1S/C17H19N3O2/c1-10-14(11(2)20-12(3)19-10)9-18-17(21)16-8-13-6-4-5-7-15(13)22-16/h4-7,16H,8-9H2,1-3H3,(H,18,21). The van der Waals surface area contributed by atoms with Gasteiger partial charge < -0.3 is 10.1 Å². The van der Waals surface area contributed by atoms with Crippen LogP contribution in [0.15, 0.2) is 24.3 Å². The Morgan fingerprint density at radius 3 is 2.59 bits per heavy atom. The van der Waals surface area contributed by atoms with Gasteiger partial charge in [0.15, 0.2) is 6.10 Å². The molecule has 5 nitrogen and oxygen atoms in total. The highest BCUT2D eigenvalue weighted by molar-refractivity contribution is 5.82. The molecule has 3 rings (SSSR count). The second-order valence-corrected chi connectivity index (χ2v) is 5.56. The van der Waals surface area contributed by atoms with Crippen molar-refractivity contribution in [2.45, 2.75) is 39.8 Å². The van der Waals surface area contributed by atoms with Crippen LogP contribution < -0.4 is 10.1 Å². The number of hydrogen-bond donors (Lipinski definition) is 1. The smallest absolute Gasteiger partial charge is 0.261 e. The van der Waals surface area contributed by atoms with Gasteiger partial charge in [-0.3, -0.25) is 4.79 Å². The van der Waals surface area contributed by atoms with Gasteiger partial charge in [-0.15, -0.1) is 0 Å². The van der Waals surface area contributed by atoms with Gasteiger partial charge in [-0.05, 0) is 32.4 Å². The Kier molecular flexibility index (Phi) is 3.79. The van der Waals surface area contributed by atoms with Crippen molar-refractivity contribution in [3.8, 4) is 5.75 Å². The van der Waals surface area contributed by atoms with E-state index in [1.807, 2.05) is 45.0 Å². The second kappa shape index (κ2) is 5.75. The van der Waals surface area contributed by atoms with E-state index < -0.39 is 6.10 Å². The molecule has 0 saturated heterocycles. The van der Waals surface area contributed by atoms with E-state index in [-0.39, 0.29) is 5.91 Å². The number of aromatic nitrogens is 2. The van der Waals surface area contributed by atoms with E-state index >= 15 is 0 Å². The van der Waals surface area contributed by atoms with Crippen LogP contribution in [0.4, 0.5) is 0 Å². The fourth-order valence-electron chi connectivity index (χ4n) is 2.78. The number of benzene rings is 1. The Bertz CT molecular complexity index is 680. The van der Waals surface area contributed by atoms with Crippen LogP contribution in [0.1, 0.15) is 28.3 Å². The van der Waals surface area contributed by atoms with Crippen molar-refractivity contribution < 1.29 is 9.53 Å². The van der Waals surface area contributed by atoms with Crippen LogP contribution in [0.3, 0.4) is 0 Å². The molecule has 1 N–H and O–H groups in total. The lowest BCUT2D eigenvalue weighted by Crippen LogP contribution is -2.37. The van der Waals surface area contributed by atoms with Crippen LogP contribution in [0.25, 0.3) is 0 Å². The number of nitrogens with one attached hydrogen (secondary N) is 1. The fraction of sp³-hybridized carbons (Fsp3) is 0.353. The summed E-state index contributed by atoms with van der Waals surface area (Å²) in [6, 6.07) is 7.75.